The Hall–Kier alpha value is -2.16. The fraction of sp³-hybridized carbons (Fsp3) is 0.650. The summed E-state index contributed by atoms with van der Waals surface area (Å²) in [5.41, 5.74) is 9.12. The maximum atomic E-state index is 13.0. The van der Waals surface area contributed by atoms with Crippen LogP contribution in [0.25, 0.3) is 5.65 Å². The average molecular weight is 407 g/mol. The lowest BCUT2D eigenvalue weighted by molar-refractivity contribution is -0.206. The lowest BCUT2D eigenvalue weighted by atomic mass is 9.34. The van der Waals surface area contributed by atoms with Gasteiger partial charge >= 0.3 is 6.18 Å². The number of fused-ring (bicyclic) bond motifs is 1. The minimum atomic E-state index is -4.31. The maximum Gasteiger partial charge on any atom is 0.393 e. The molecule has 2 aromatic heterocycles. The molecule has 1 amide bonds. The Balaban J connectivity index is 1.33. The number of hydrogen-bond acceptors (Lipinski definition) is 4. The van der Waals surface area contributed by atoms with E-state index in [4.69, 9.17) is 5.73 Å². The van der Waals surface area contributed by atoms with Gasteiger partial charge in [-0.25, -0.2) is 9.50 Å². The summed E-state index contributed by atoms with van der Waals surface area (Å²) in [4.78, 5) is 16.7. The lowest BCUT2D eigenvalue weighted by Gasteiger charge is -2.71. The summed E-state index contributed by atoms with van der Waals surface area (Å²) in [6.45, 7) is 1.93. The summed E-state index contributed by atoms with van der Waals surface area (Å²) in [6.07, 6.45) is 0.843. The Labute approximate surface area is 166 Å². The number of amides is 1. The summed E-state index contributed by atoms with van der Waals surface area (Å²) in [6, 6.07) is 3.37. The molecule has 3 N–H and O–H groups in total. The number of nitrogens with zero attached hydrogens (tertiary/aromatic N) is 3. The van der Waals surface area contributed by atoms with Crippen LogP contribution < -0.4 is 11.1 Å². The fourth-order valence-corrected chi connectivity index (χ4v) is 5.82. The van der Waals surface area contributed by atoms with E-state index < -0.39 is 18.0 Å². The third kappa shape index (κ3) is 3.01. The van der Waals surface area contributed by atoms with Crippen LogP contribution in [0, 0.1) is 22.7 Å². The second-order valence-electron chi connectivity index (χ2n) is 9.59. The van der Waals surface area contributed by atoms with Gasteiger partial charge in [-0.15, -0.1) is 0 Å². The number of halogens is 3. The van der Waals surface area contributed by atoms with Crippen LogP contribution in [0.3, 0.4) is 0 Å². The number of hydrogen-bond donors (Lipinski definition) is 2. The van der Waals surface area contributed by atoms with Gasteiger partial charge in [0.05, 0.1) is 29.5 Å². The third-order valence-corrected chi connectivity index (χ3v) is 7.09. The van der Waals surface area contributed by atoms with Crippen molar-refractivity contribution in [3.8, 4) is 0 Å². The van der Waals surface area contributed by atoms with Crippen molar-refractivity contribution < 1.29 is 18.0 Å². The van der Waals surface area contributed by atoms with Crippen molar-refractivity contribution in [2.45, 2.75) is 51.2 Å². The van der Waals surface area contributed by atoms with Crippen LogP contribution >= 0.6 is 0 Å². The van der Waals surface area contributed by atoms with E-state index >= 15 is 0 Å². The number of aromatic nitrogens is 3. The molecule has 4 fully saturated rings. The number of carbonyl (C=O) groups is 1. The summed E-state index contributed by atoms with van der Waals surface area (Å²) < 4.78 is 40.7. The van der Waals surface area contributed by atoms with E-state index in [0.717, 1.165) is 25.0 Å². The molecule has 3 aliphatic carbocycles. The minimum absolute atomic E-state index is 0.133. The molecule has 2 bridgehead atoms. The van der Waals surface area contributed by atoms with Gasteiger partial charge in [0.1, 0.15) is 0 Å². The molecule has 2 aromatic rings. The van der Waals surface area contributed by atoms with Gasteiger partial charge in [-0.3, -0.25) is 4.79 Å². The predicted molar refractivity (Wildman–Crippen MR) is 98.7 cm³/mol. The van der Waals surface area contributed by atoms with Gasteiger partial charge in [-0.05, 0) is 48.6 Å². The highest BCUT2D eigenvalue weighted by molar-refractivity contribution is 5.79. The van der Waals surface area contributed by atoms with Gasteiger partial charge in [-0.2, -0.15) is 18.3 Å². The molecule has 9 heteroatoms. The molecule has 6 nitrogen and oxygen atoms in total. The molecular weight excluding hydrogens is 383 g/mol. The second kappa shape index (κ2) is 5.93. The third-order valence-electron chi connectivity index (χ3n) is 7.09. The van der Waals surface area contributed by atoms with Gasteiger partial charge < -0.3 is 11.1 Å². The summed E-state index contributed by atoms with van der Waals surface area (Å²) in [5.74, 6) is -2.60. The van der Waals surface area contributed by atoms with Gasteiger partial charge in [0.15, 0.2) is 5.65 Å². The van der Waals surface area contributed by atoms with Crippen molar-refractivity contribution in [3.05, 3.63) is 29.7 Å². The molecule has 3 atom stereocenters. The molecule has 29 heavy (non-hydrogen) atoms. The van der Waals surface area contributed by atoms with E-state index in [-0.39, 0.29) is 36.8 Å². The highest BCUT2D eigenvalue weighted by Crippen LogP contribution is 2.76. The SMILES string of the molecule is CC12CC([C@H](N)c3cn4nc(CC5C[C@@H](C(F)(F)F)CNC5=O)ccc4n3)(C1)C2. The van der Waals surface area contributed by atoms with Crippen molar-refractivity contribution in [1.29, 1.82) is 0 Å². The van der Waals surface area contributed by atoms with Crippen molar-refractivity contribution >= 4 is 11.6 Å². The minimum Gasteiger partial charge on any atom is -0.355 e. The zero-order valence-electron chi connectivity index (χ0n) is 16.2. The number of piperidine rings is 1. The molecule has 3 saturated carbocycles. The smallest absolute Gasteiger partial charge is 0.355 e. The van der Waals surface area contributed by atoms with Crippen LogP contribution in [0.4, 0.5) is 13.2 Å². The van der Waals surface area contributed by atoms with E-state index in [9.17, 15) is 18.0 Å². The van der Waals surface area contributed by atoms with Crippen molar-refractivity contribution in [1.82, 2.24) is 19.9 Å². The highest BCUT2D eigenvalue weighted by atomic mass is 19.4. The molecule has 1 saturated heterocycles. The van der Waals surface area contributed by atoms with E-state index in [0.29, 0.717) is 16.8 Å². The van der Waals surface area contributed by atoms with Crippen molar-refractivity contribution in [2.75, 3.05) is 6.54 Å². The zero-order valence-corrected chi connectivity index (χ0v) is 16.2. The van der Waals surface area contributed by atoms with Gasteiger partial charge in [-0.1, -0.05) is 6.92 Å². The first kappa shape index (κ1) is 18.8. The van der Waals surface area contributed by atoms with Crippen molar-refractivity contribution in [2.24, 2.45) is 28.4 Å². The average Bonchev–Trinajstić information content (AvgIpc) is 3.02. The largest absolute Gasteiger partial charge is 0.393 e. The second-order valence-corrected chi connectivity index (χ2v) is 9.59. The molecule has 156 valence electrons. The molecule has 6 rings (SSSR count). The van der Waals surface area contributed by atoms with Crippen LogP contribution in [0.2, 0.25) is 0 Å². The zero-order chi connectivity index (χ0) is 20.6. The van der Waals surface area contributed by atoms with Crippen LogP contribution in [-0.2, 0) is 11.2 Å². The normalized spacial score (nSPS) is 35.0. The summed E-state index contributed by atoms with van der Waals surface area (Å²) >= 11 is 0. The Bertz CT molecular complexity index is 964. The maximum absolute atomic E-state index is 13.0. The van der Waals surface area contributed by atoms with Crippen LogP contribution in [-0.4, -0.2) is 33.2 Å². The van der Waals surface area contributed by atoms with Crippen LogP contribution in [0.1, 0.15) is 50.0 Å². The number of rotatable bonds is 4. The van der Waals surface area contributed by atoms with Crippen LogP contribution in [0.5, 0.6) is 0 Å². The van der Waals surface area contributed by atoms with Gasteiger partial charge in [0.25, 0.3) is 0 Å². The number of nitrogens with one attached hydrogen (secondary N) is 1. The number of nitrogens with two attached hydrogens (primary N) is 1. The number of alkyl halides is 3. The quantitative estimate of drug-likeness (QED) is 0.816. The van der Waals surface area contributed by atoms with E-state index in [1.54, 1.807) is 16.6 Å². The molecule has 4 aliphatic rings. The topological polar surface area (TPSA) is 85.3 Å². The fourth-order valence-electron chi connectivity index (χ4n) is 5.82. The summed E-state index contributed by atoms with van der Waals surface area (Å²) in [5, 5.41) is 6.86. The van der Waals surface area contributed by atoms with E-state index in [2.05, 4.69) is 22.3 Å². The first-order valence-electron chi connectivity index (χ1n) is 10.0. The molecule has 1 unspecified atom stereocenters. The van der Waals surface area contributed by atoms with Crippen LogP contribution in [0.15, 0.2) is 18.3 Å². The first-order chi connectivity index (χ1) is 13.6. The Morgan fingerprint density at radius 1 is 1.34 bits per heavy atom. The molecule has 0 aromatic carbocycles. The molecule has 1 aliphatic heterocycles. The number of carbonyl (C=O) groups excluding carboxylic acids is 1. The molecule has 0 radical (unpaired) electrons. The highest BCUT2D eigenvalue weighted by Gasteiger charge is 2.67. The Kier molecular flexibility index (Phi) is 3.85. The van der Waals surface area contributed by atoms with Crippen molar-refractivity contribution in [3.63, 3.8) is 0 Å². The first-order valence-corrected chi connectivity index (χ1v) is 10.0. The molecule has 0 spiro atoms. The van der Waals surface area contributed by atoms with Gasteiger partial charge in [0, 0.05) is 18.9 Å². The Morgan fingerprint density at radius 2 is 2.07 bits per heavy atom. The standard InChI is InChI=1S/C20H24F3N5O/c1-18-8-19(9-18,10-18)16(24)14-7-28-15(26-14)3-2-13(27-28)5-11-4-12(20(21,22)23)6-25-17(11)29/h2-3,7,11-12,16H,4-6,8-10,24H2,1H3,(H,25,29)/t11?,12-,16-,18?,19?/m1/s1. The van der Waals surface area contributed by atoms with Gasteiger partial charge in [0.2, 0.25) is 5.91 Å². The monoisotopic (exact) mass is 407 g/mol. The molecule has 3 heterocycles. The Morgan fingerprint density at radius 3 is 2.72 bits per heavy atom. The van der Waals surface area contributed by atoms with E-state index in [1.165, 1.54) is 0 Å². The predicted octanol–water partition coefficient (Wildman–Crippen LogP) is 2.78. The summed E-state index contributed by atoms with van der Waals surface area (Å²) in [7, 11) is 0. The molecular formula is C20H24F3N5O. The van der Waals surface area contributed by atoms with E-state index in [1.807, 2.05) is 6.20 Å². The number of imidazole rings is 1. The lowest BCUT2D eigenvalue weighted by Crippen LogP contribution is -2.64.